The largest absolute Gasteiger partial charge is 0.465 e. The zero-order valence-electron chi connectivity index (χ0n) is 50.2. The summed E-state index contributed by atoms with van der Waals surface area (Å²) in [7, 11) is 10.3. The molecule has 1 amide bonds. The highest BCUT2D eigenvalue weighted by Crippen LogP contribution is 2.42. The number of rotatable bonds is 17. The molecular formula is C58H95ClN6O15. The van der Waals surface area contributed by atoms with Crippen molar-refractivity contribution in [2.75, 3.05) is 73.9 Å². The molecular weight excluding hydrogens is 1060 g/mol. The highest BCUT2D eigenvalue weighted by atomic mass is 35.5. The highest BCUT2D eigenvalue weighted by Gasteiger charge is 2.53. The van der Waals surface area contributed by atoms with E-state index in [2.05, 4.69) is 10.6 Å². The zero-order valence-corrected chi connectivity index (χ0v) is 51.0. The highest BCUT2D eigenvalue weighted by molar-refractivity contribution is 6.34. The predicted octanol–water partition coefficient (Wildman–Crippen LogP) is 4.55. The summed E-state index contributed by atoms with van der Waals surface area (Å²) in [6.45, 7) is 19.5. The minimum Gasteiger partial charge on any atom is -0.465 e. The lowest BCUT2D eigenvalue weighted by Gasteiger charge is -2.49. The van der Waals surface area contributed by atoms with Crippen molar-refractivity contribution < 1.29 is 68.0 Å². The second-order valence-corrected chi connectivity index (χ2v) is 25.0. The lowest BCUT2D eigenvalue weighted by Crippen LogP contribution is -2.64. The summed E-state index contributed by atoms with van der Waals surface area (Å²) in [4.78, 5) is 60.2. The third kappa shape index (κ3) is 15.0. The molecule has 0 unspecified atom stereocenters. The van der Waals surface area contributed by atoms with Gasteiger partial charge in [0.2, 0.25) is 11.3 Å². The molecule has 1 saturated carbocycles. The molecule has 4 heterocycles. The molecule has 1 aromatic heterocycles. The van der Waals surface area contributed by atoms with Crippen LogP contribution in [0.25, 0.3) is 10.9 Å². The van der Waals surface area contributed by atoms with E-state index in [1.54, 1.807) is 53.1 Å². The van der Waals surface area contributed by atoms with E-state index in [0.717, 1.165) is 12.8 Å². The van der Waals surface area contributed by atoms with Crippen LogP contribution in [-0.4, -0.2) is 216 Å². The Labute approximate surface area is 478 Å². The van der Waals surface area contributed by atoms with Gasteiger partial charge in [0.1, 0.15) is 29.5 Å². The molecule has 6 rings (SSSR count). The van der Waals surface area contributed by atoms with Crippen molar-refractivity contribution >= 4 is 46.0 Å². The summed E-state index contributed by atoms with van der Waals surface area (Å²) in [5.74, 6) is -3.78. The summed E-state index contributed by atoms with van der Waals surface area (Å²) < 4.78 is 45.9. The van der Waals surface area contributed by atoms with Crippen LogP contribution in [0.4, 0.5) is 5.69 Å². The Hall–Kier alpha value is -3.55. The molecule has 3 aliphatic heterocycles. The van der Waals surface area contributed by atoms with E-state index < -0.39 is 107 Å². The number of carbonyl (C=O) groups is 3. The third-order valence-electron chi connectivity index (χ3n) is 17.6. The summed E-state index contributed by atoms with van der Waals surface area (Å²) in [6.07, 6.45) is -4.40. The Kier molecular flexibility index (Phi) is 22.1. The number of hydrogen-bond donors (Lipinski definition) is 6. The Morgan fingerprint density at radius 2 is 1.62 bits per heavy atom. The maximum absolute atomic E-state index is 14.6. The molecule has 2 aromatic rings. The van der Waals surface area contributed by atoms with Crippen LogP contribution in [0.15, 0.2) is 23.1 Å². The number of amides is 1. The normalized spacial score (nSPS) is 37.2. The molecule has 454 valence electrons. The second kappa shape index (κ2) is 27.0. The van der Waals surface area contributed by atoms with Crippen molar-refractivity contribution in [3.05, 3.63) is 39.1 Å². The van der Waals surface area contributed by atoms with E-state index in [9.17, 15) is 39.6 Å². The van der Waals surface area contributed by atoms with Crippen LogP contribution in [0.3, 0.4) is 0 Å². The second-order valence-electron chi connectivity index (χ2n) is 24.6. The number of carbonyl (C=O) groups excluding carboxylic acids is 3. The number of nitrogens with one attached hydrogen (secondary N) is 2. The SMILES string of the molecule is CC[C@H]1OC(=O)[C@H](C)[C@@H](O[C@H]2C[C@@](C)(OC)[C@@H](NC(=O)CCN(C)CCNc3cc4c(=O)c(C(=O)OC)cn(C5CC5)c4cc3Cl)[C@H](C)O2)[C@H](C)[C@@H](O[C@@H]2O[C@H](C)C[C@H](N(C)C)[C@H]2O)[C@](C)(O)C[C@@H](C)CN(C)[C@H](C)[C@@H](O)[C@]1(C)O. The number of aliphatic hydroxyl groups is 4. The lowest BCUT2D eigenvalue weighted by atomic mass is 9.77. The number of methoxy groups -OCH3 is 2. The van der Waals surface area contributed by atoms with Crippen LogP contribution in [0.2, 0.25) is 5.02 Å². The molecule has 0 radical (unpaired) electrons. The number of esters is 2. The van der Waals surface area contributed by atoms with Gasteiger partial charge in [0.05, 0.1) is 70.9 Å². The van der Waals surface area contributed by atoms with Gasteiger partial charge in [-0.2, -0.15) is 0 Å². The maximum Gasteiger partial charge on any atom is 0.343 e. The molecule has 4 aliphatic rings. The standard InChI is InChI=1S/C58H95ClN6O15/c1-17-44-58(10,73)51(69)35(6)64(14)29-31(2)27-56(8,72)52(80-55-48(68)43(62(11)12)24-32(3)76-55)33(4)49(34(5)53(70)78-44)79-46-28-57(9,75-16)50(36(7)77-46)61-45(66)20-22-63(13)23-21-60-41-25-38-42(26-40(41)59)65(37-18-19-37)30-39(47(38)67)54(71)74-15/h25-26,30-37,43-44,46,48-52,55,60,68-69,72-73H,17-24,27-29H2,1-16H3,(H,61,66)/t31-,32-,33+,34-,35-,36+,43+,44-,46+,48-,49+,50+,51-,52-,55+,56-,57-,58-/m1/s1. The fraction of sp³-hybridized carbons (Fsp3) is 0.793. The first kappa shape index (κ1) is 65.6. The van der Waals surface area contributed by atoms with Crippen LogP contribution < -0.4 is 16.1 Å². The Morgan fingerprint density at radius 3 is 2.24 bits per heavy atom. The molecule has 18 atom stereocenters. The zero-order chi connectivity index (χ0) is 59.5. The molecule has 3 saturated heterocycles. The predicted molar refractivity (Wildman–Crippen MR) is 304 cm³/mol. The summed E-state index contributed by atoms with van der Waals surface area (Å²) >= 11 is 6.74. The lowest BCUT2D eigenvalue weighted by molar-refractivity contribution is -0.311. The van der Waals surface area contributed by atoms with Crippen molar-refractivity contribution in [2.24, 2.45) is 17.8 Å². The minimum absolute atomic E-state index is 0.0350. The topological polar surface area (TPSA) is 253 Å². The van der Waals surface area contributed by atoms with Crippen molar-refractivity contribution in [3.63, 3.8) is 0 Å². The van der Waals surface area contributed by atoms with Crippen LogP contribution in [-0.2, 0) is 42.7 Å². The maximum atomic E-state index is 14.6. The number of hydrogen-bond acceptors (Lipinski definition) is 19. The molecule has 22 heteroatoms. The molecule has 21 nitrogen and oxygen atoms in total. The Balaban J connectivity index is 1.19. The number of fused-ring (bicyclic) bond motifs is 1. The molecule has 6 N–H and O–H groups in total. The summed E-state index contributed by atoms with van der Waals surface area (Å²) in [5, 5.41) is 55.5. The van der Waals surface area contributed by atoms with Gasteiger partial charge in [-0.25, -0.2) is 4.79 Å². The first-order valence-corrected chi connectivity index (χ1v) is 29.0. The number of halogens is 1. The van der Waals surface area contributed by atoms with Gasteiger partial charge >= 0.3 is 11.9 Å². The number of pyridine rings is 1. The smallest absolute Gasteiger partial charge is 0.343 e. The number of anilines is 1. The van der Waals surface area contributed by atoms with Gasteiger partial charge in [0.25, 0.3) is 0 Å². The molecule has 4 fully saturated rings. The van der Waals surface area contributed by atoms with E-state index in [0.29, 0.717) is 54.2 Å². The fourth-order valence-electron chi connectivity index (χ4n) is 12.5. The van der Waals surface area contributed by atoms with Crippen molar-refractivity contribution in [1.29, 1.82) is 0 Å². The van der Waals surface area contributed by atoms with E-state index >= 15 is 0 Å². The van der Waals surface area contributed by atoms with Gasteiger partial charge in [-0.3, -0.25) is 14.4 Å². The first-order valence-electron chi connectivity index (χ1n) is 28.6. The van der Waals surface area contributed by atoms with Gasteiger partial charge in [-0.1, -0.05) is 32.4 Å². The Bertz CT molecular complexity index is 2500. The van der Waals surface area contributed by atoms with Gasteiger partial charge < -0.3 is 83.5 Å². The molecule has 1 aromatic carbocycles. The quantitative estimate of drug-likeness (QED) is 0.119. The van der Waals surface area contributed by atoms with Gasteiger partial charge in [-0.05, 0) is 127 Å². The van der Waals surface area contributed by atoms with E-state index in [4.69, 9.17) is 44.8 Å². The fourth-order valence-corrected chi connectivity index (χ4v) is 12.7. The number of ether oxygens (including phenoxy) is 7. The van der Waals surface area contributed by atoms with E-state index in [-0.39, 0.29) is 61.3 Å². The first-order chi connectivity index (χ1) is 37.4. The number of aliphatic hydroxyl groups excluding tert-OH is 2. The monoisotopic (exact) mass is 1150 g/mol. The summed E-state index contributed by atoms with van der Waals surface area (Å²) in [5.41, 5.74) is -3.83. The van der Waals surface area contributed by atoms with Gasteiger partial charge in [-0.15, -0.1) is 0 Å². The molecule has 0 bridgehead atoms. The van der Waals surface area contributed by atoms with Crippen LogP contribution >= 0.6 is 11.6 Å². The average Bonchev–Trinajstić information content (AvgIpc) is 4.40. The number of nitrogens with zero attached hydrogens (tertiary/aromatic N) is 4. The minimum atomic E-state index is -1.86. The van der Waals surface area contributed by atoms with Crippen molar-refractivity contribution in [3.8, 4) is 0 Å². The number of aromatic nitrogens is 1. The van der Waals surface area contributed by atoms with Gasteiger partial charge in [0, 0.05) is 81.8 Å². The number of cyclic esters (lactones) is 1. The molecule has 0 spiro atoms. The summed E-state index contributed by atoms with van der Waals surface area (Å²) in [6, 6.07) is 2.04. The van der Waals surface area contributed by atoms with E-state index in [1.165, 1.54) is 14.0 Å². The van der Waals surface area contributed by atoms with Crippen LogP contribution in [0.1, 0.15) is 131 Å². The van der Waals surface area contributed by atoms with Crippen molar-refractivity contribution in [2.45, 2.75) is 210 Å². The Morgan fingerprint density at radius 1 is 0.950 bits per heavy atom. The van der Waals surface area contributed by atoms with E-state index in [1.807, 2.05) is 82.1 Å². The molecule has 1 aliphatic carbocycles. The van der Waals surface area contributed by atoms with Crippen molar-refractivity contribution in [1.82, 2.24) is 24.6 Å². The average molecular weight is 1150 g/mol. The van der Waals surface area contributed by atoms with Crippen LogP contribution in [0.5, 0.6) is 0 Å². The van der Waals surface area contributed by atoms with Crippen LogP contribution in [0, 0.1) is 17.8 Å². The third-order valence-corrected chi connectivity index (χ3v) is 17.9. The van der Waals surface area contributed by atoms with Gasteiger partial charge in [0.15, 0.2) is 12.6 Å². The molecule has 80 heavy (non-hydrogen) atoms. The number of benzene rings is 1. The number of likely N-dealkylation sites (N-methyl/N-ethyl adjacent to an activating group) is 3.